The highest BCUT2D eigenvalue weighted by molar-refractivity contribution is 5.70. The Balaban J connectivity index is 2.08. The molecule has 1 unspecified atom stereocenters. The van der Waals surface area contributed by atoms with E-state index in [-0.39, 0.29) is 17.8 Å². The zero-order valence-electron chi connectivity index (χ0n) is 9.13. The van der Waals surface area contributed by atoms with Crippen molar-refractivity contribution in [3.05, 3.63) is 35.1 Å². The van der Waals surface area contributed by atoms with E-state index in [0.717, 1.165) is 11.1 Å². The highest BCUT2D eigenvalue weighted by atomic mass is 19.1. The molecule has 0 bridgehead atoms. The molecule has 0 aliphatic carbocycles. The van der Waals surface area contributed by atoms with Crippen LogP contribution in [-0.4, -0.2) is 19.1 Å². The van der Waals surface area contributed by atoms with E-state index in [9.17, 15) is 9.18 Å². The van der Waals surface area contributed by atoms with Crippen molar-refractivity contribution in [1.82, 2.24) is 5.32 Å². The van der Waals surface area contributed by atoms with Crippen molar-refractivity contribution >= 4 is 5.97 Å². The lowest BCUT2D eigenvalue weighted by atomic mass is 9.94. The zero-order chi connectivity index (χ0) is 11.5. The quantitative estimate of drug-likeness (QED) is 0.770. The van der Waals surface area contributed by atoms with Crippen LogP contribution in [0.15, 0.2) is 18.2 Å². The molecular formula is C12H14FNO2. The van der Waals surface area contributed by atoms with Crippen LogP contribution in [0, 0.1) is 5.82 Å². The normalized spacial score (nSPS) is 19.0. The van der Waals surface area contributed by atoms with E-state index in [1.807, 2.05) is 0 Å². The third-order valence-corrected chi connectivity index (χ3v) is 2.86. The fourth-order valence-electron chi connectivity index (χ4n) is 1.98. The van der Waals surface area contributed by atoms with Crippen LogP contribution in [0.1, 0.15) is 17.5 Å². The van der Waals surface area contributed by atoms with Crippen molar-refractivity contribution in [1.29, 1.82) is 0 Å². The first-order chi connectivity index (χ1) is 7.69. The Morgan fingerprint density at radius 3 is 3.12 bits per heavy atom. The number of hydrogen-bond acceptors (Lipinski definition) is 3. The number of ether oxygens (including phenoxy) is 1. The van der Waals surface area contributed by atoms with Gasteiger partial charge in [-0.25, -0.2) is 4.39 Å². The predicted octanol–water partition coefficient (Wildman–Crippen LogP) is 1.40. The molecule has 0 spiro atoms. The number of carbonyl (C=O) groups is 1. The maximum atomic E-state index is 13.0. The summed E-state index contributed by atoms with van der Waals surface area (Å²) in [5, 5.41) is 3.24. The summed E-state index contributed by atoms with van der Waals surface area (Å²) in [5.74, 6) is -0.463. The number of halogens is 1. The van der Waals surface area contributed by atoms with Crippen LogP contribution in [-0.2, 0) is 22.5 Å². The molecule has 1 aliphatic heterocycles. The monoisotopic (exact) mass is 223 g/mol. The first kappa shape index (κ1) is 11.1. The van der Waals surface area contributed by atoms with Crippen LogP contribution in [0.4, 0.5) is 4.39 Å². The standard InChI is InChI=1S/C12H14FNO2/c1-16-12(15)6-11-5-9-4-10(13)3-2-8(9)7-14-11/h2-4,11,14H,5-7H2,1H3. The van der Waals surface area contributed by atoms with Crippen molar-refractivity contribution in [2.45, 2.75) is 25.4 Å². The van der Waals surface area contributed by atoms with Crippen LogP contribution >= 0.6 is 0 Å². The van der Waals surface area contributed by atoms with Gasteiger partial charge in [0.15, 0.2) is 0 Å². The third-order valence-electron chi connectivity index (χ3n) is 2.86. The van der Waals surface area contributed by atoms with Gasteiger partial charge in [-0.05, 0) is 29.7 Å². The van der Waals surface area contributed by atoms with Crippen LogP contribution in [0.25, 0.3) is 0 Å². The van der Waals surface area contributed by atoms with Gasteiger partial charge in [0, 0.05) is 12.6 Å². The van der Waals surface area contributed by atoms with Crippen LogP contribution in [0.3, 0.4) is 0 Å². The van der Waals surface area contributed by atoms with Crippen molar-refractivity contribution < 1.29 is 13.9 Å². The second-order valence-electron chi connectivity index (χ2n) is 3.98. The van der Waals surface area contributed by atoms with E-state index in [0.29, 0.717) is 19.4 Å². The average molecular weight is 223 g/mol. The van der Waals surface area contributed by atoms with Crippen molar-refractivity contribution in [3.63, 3.8) is 0 Å². The van der Waals surface area contributed by atoms with Crippen LogP contribution < -0.4 is 5.32 Å². The molecule has 0 radical (unpaired) electrons. The molecule has 16 heavy (non-hydrogen) atoms. The van der Waals surface area contributed by atoms with Gasteiger partial charge in [0.1, 0.15) is 5.82 Å². The second kappa shape index (κ2) is 4.61. The molecule has 1 aromatic carbocycles. The number of hydrogen-bond donors (Lipinski definition) is 1. The minimum atomic E-state index is -0.239. The van der Waals surface area contributed by atoms with E-state index in [1.54, 1.807) is 12.1 Å². The molecule has 0 fully saturated rings. The first-order valence-corrected chi connectivity index (χ1v) is 5.26. The Hall–Kier alpha value is -1.42. The molecule has 4 heteroatoms. The van der Waals surface area contributed by atoms with Gasteiger partial charge in [-0.1, -0.05) is 6.07 Å². The second-order valence-corrected chi connectivity index (χ2v) is 3.98. The fraction of sp³-hybridized carbons (Fsp3) is 0.417. The summed E-state index contributed by atoms with van der Waals surface area (Å²) in [6, 6.07) is 4.83. The lowest BCUT2D eigenvalue weighted by molar-refractivity contribution is -0.141. The molecule has 3 nitrogen and oxygen atoms in total. The number of esters is 1. The number of rotatable bonds is 2. The summed E-state index contributed by atoms with van der Waals surface area (Å²) >= 11 is 0. The Labute approximate surface area is 93.6 Å². The van der Waals surface area contributed by atoms with E-state index in [1.165, 1.54) is 13.2 Å². The first-order valence-electron chi connectivity index (χ1n) is 5.26. The Kier molecular flexibility index (Phi) is 3.19. The summed E-state index contributed by atoms with van der Waals surface area (Å²) in [6.07, 6.45) is 0.995. The smallest absolute Gasteiger partial charge is 0.307 e. The molecule has 0 saturated carbocycles. The lowest BCUT2D eigenvalue weighted by Crippen LogP contribution is -2.37. The maximum absolute atomic E-state index is 13.0. The van der Waals surface area contributed by atoms with Crippen LogP contribution in [0.2, 0.25) is 0 Å². The van der Waals surface area contributed by atoms with Gasteiger partial charge >= 0.3 is 5.97 Å². The lowest BCUT2D eigenvalue weighted by Gasteiger charge is -2.25. The topological polar surface area (TPSA) is 38.3 Å². The minimum absolute atomic E-state index is 0.0433. The van der Waals surface area contributed by atoms with Crippen molar-refractivity contribution in [2.75, 3.05) is 7.11 Å². The molecule has 1 N–H and O–H groups in total. The Morgan fingerprint density at radius 1 is 1.56 bits per heavy atom. The highest BCUT2D eigenvalue weighted by Crippen LogP contribution is 2.19. The molecule has 1 atom stereocenters. The Bertz CT molecular complexity index is 406. The fourth-order valence-corrected chi connectivity index (χ4v) is 1.98. The van der Waals surface area contributed by atoms with Crippen molar-refractivity contribution in [2.24, 2.45) is 0 Å². The highest BCUT2D eigenvalue weighted by Gasteiger charge is 2.20. The van der Waals surface area contributed by atoms with Crippen LogP contribution in [0.5, 0.6) is 0 Å². The molecular weight excluding hydrogens is 209 g/mol. The number of fused-ring (bicyclic) bond motifs is 1. The molecule has 86 valence electrons. The summed E-state index contributed by atoms with van der Waals surface area (Å²) in [6.45, 7) is 0.678. The summed E-state index contributed by atoms with van der Waals surface area (Å²) in [7, 11) is 1.37. The summed E-state index contributed by atoms with van der Waals surface area (Å²) in [5.41, 5.74) is 2.08. The van der Waals surface area contributed by atoms with Gasteiger partial charge in [0.05, 0.1) is 13.5 Å². The van der Waals surface area contributed by atoms with E-state index in [2.05, 4.69) is 10.1 Å². The Morgan fingerprint density at radius 2 is 2.38 bits per heavy atom. The van der Waals surface area contributed by atoms with E-state index < -0.39 is 0 Å². The van der Waals surface area contributed by atoms with Gasteiger partial charge in [-0.15, -0.1) is 0 Å². The molecule has 0 amide bonds. The van der Waals surface area contributed by atoms with E-state index >= 15 is 0 Å². The molecule has 0 aromatic heterocycles. The van der Waals surface area contributed by atoms with Gasteiger partial charge in [0.2, 0.25) is 0 Å². The van der Waals surface area contributed by atoms with Gasteiger partial charge in [-0.2, -0.15) is 0 Å². The number of methoxy groups -OCH3 is 1. The van der Waals surface area contributed by atoms with Gasteiger partial charge in [0.25, 0.3) is 0 Å². The summed E-state index contributed by atoms with van der Waals surface area (Å²) in [4.78, 5) is 11.1. The van der Waals surface area contributed by atoms with Gasteiger partial charge in [-0.3, -0.25) is 4.79 Å². The van der Waals surface area contributed by atoms with Gasteiger partial charge < -0.3 is 10.1 Å². The number of nitrogens with one attached hydrogen (secondary N) is 1. The molecule has 1 aromatic rings. The largest absolute Gasteiger partial charge is 0.469 e. The molecule has 2 rings (SSSR count). The van der Waals surface area contributed by atoms with E-state index in [4.69, 9.17) is 0 Å². The molecule has 1 heterocycles. The molecule has 0 saturated heterocycles. The molecule has 1 aliphatic rings. The average Bonchev–Trinajstić information content (AvgIpc) is 2.28. The minimum Gasteiger partial charge on any atom is -0.469 e. The zero-order valence-corrected chi connectivity index (χ0v) is 9.13. The SMILES string of the molecule is COC(=O)CC1Cc2cc(F)ccc2CN1. The number of carbonyl (C=O) groups excluding carboxylic acids is 1. The van der Waals surface area contributed by atoms with Crippen molar-refractivity contribution in [3.8, 4) is 0 Å². The number of benzene rings is 1. The maximum Gasteiger partial charge on any atom is 0.307 e. The third kappa shape index (κ3) is 2.39. The summed E-state index contributed by atoms with van der Waals surface area (Å²) < 4.78 is 17.6. The predicted molar refractivity (Wildman–Crippen MR) is 57.4 cm³/mol.